The van der Waals surface area contributed by atoms with E-state index in [2.05, 4.69) is 19.1 Å². The van der Waals surface area contributed by atoms with Crippen molar-refractivity contribution < 1.29 is 14.3 Å². The molecule has 0 N–H and O–H groups in total. The van der Waals surface area contributed by atoms with Crippen molar-refractivity contribution in [3.63, 3.8) is 0 Å². The Balaban J connectivity index is 1.97. The zero-order valence-corrected chi connectivity index (χ0v) is 10.1. The maximum absolute atomic E-state index is 11.5. The number of hydrogen-bond donors (Lipinski definition) is 0. The van der Waals surface area contributed by atoms with E-state index in [9.17, 15) is 4.79 Å². The van der Waals surface area contributed by atoms with Crippen molar-refractivity contribution in [2.45, 2.75) is 51.7 Å². The van der Waals surface area contributed by atoms with E-state index in [-0.39, 0.29) is 6.29 Å². The van der Waals surface area contributed by atoms with Gasteiger partial charge in [-0.1, -0.05) is 25.5 Å². The first-order chi connectivity index (χ1) is 7.83. The van der Waals surface area contributed by atoms with Crippen LogP contribution in [0.5, 0.6) is 0 Å². The summed E-state index contributed by atoms with van der Waals surface area (Å²) in [6, 6.07) is 0. The number of hydrogen-bond acceptors (Lipinski definition) is 3. The Morgan fingerprint density at radius 3 is 2.56 bits per heavy atom. The predicted octanol–water partition coefficient (Wildman–Crippen LogP) is 2.85. The van der Waals surface area contributed by atoms with Crippen molar-refractivity contribution in [2.24, 2.45) is 0 Å². The molecule has 0 unspecified atom stereocenters. The average molecular weight is 226 g/mol. The first kappa shape index (κ1) is 13.4. The highest BCUT2D eigenvalue weighted by Gasteiger charge is 2.16. The number of carbonyl (C=O) groups is 1. The van der Waals surface area contributed by atoms with Crippen LogP contribution >= 0.6 is 0 Å². The van der Waals surface area contributed by atoms with Crippen LogP contribution in [-0.4, -0.2) is 25.3 Å². The smallest absolute Gasteiger partial charge is 0.158 e. The fourth-order valence-corrected chi connectivity index (χ4v) is 1.62. The van der Waals surface area contributed by atoms with Gasteiger partial charge in [-0.15, -0.1) is 0 Å². The van der Waals surface area contributed by atoms with E-state index in [1.165, 1.54) is 6.42 Å². The molecule has 1 aliphatic rings. The molecule has 3 nitrogen and oxygen atoms in total. The fourth-order valence-electron chi connectivity index (χ4n) is 1.62. The minimum Gasteiger partial charge on any atom is -0.350 e. The normalized spacial score (nSPS) is 17.3. The van der Waals surface area contributed by atoms with Crippen LogP contribution in [0.15, 0.2) is 12.2 Å². The summed E-state index contributed by atoms with van der Waals surface area (Å²) in [5.74, 6) is 0.306. The van der Waals surface area contributed by atoms with Crippen LogP contribution in [-0.2, 0) is 14.3 Å². The Kier molecular flexibility index (Phi) is 7.10. The molecule has 0 bridgehead atoms. The van der Waals surface area contributed by atoms with Crippen LogP contribution in [0.1, 0.15) is 45.4 Å². The molecule has 0 aromatic carbocycles. The molecule has 0 spiro atoms. The second kappa shape index (κ2) is 8.48. The van der Waals surface area contributed by atoms with Crippen molar-refractivity contribution >= 4 is 5.78 Å². The van der Waals surface area contributed by atoms with E-state index < -0.39 is 0 Å². The zero-order chi connectivity index (χ0) is 11.6. The molecular formula is C13H22O3. The number of carbonyl (C=O) groups excluding carboxylic acids is 1. The summed E-state index contributed by atoms with van der Waals surface area (Å²) in [7, 11) is 0. The molecule has 1 heterocycles. The third-order valence-corrected chi connectivity index (χ3v) is 2.56. The van der Waals surface area contributed by atoms with Crippen LogP contribution in [0.25, 0.3) is 0 Å². The first-order valence-corrected chi connectivity index (χ1v) is 6.23. The maximum Gasteiger partial charge on any atom is 0.158 e. The largest absolute Gasteiger partial charge is 0.350 e. The quantitative estimate of drug-likeness (QED) is 0.597. The monoisotopic (exact) mass is 226 g/mol. The van der Waals surface area contributed by atoms with Crippen molar-refractivity contribution in [1.82, 2.24) is 0 Å². The number of ether oxygens (including phenoxy) is 2. The minimum atomic E-state index is -0.139. The highest BCUT2D eigenvalue weighted by atomic mass is 16.7. The van der Waals surface area contributed by atoms with Crippen LogP contribution in [0.4, 0.5) is 0 Å². The van der Waals surface area contributed by atoms with Gasteiger partial charge in [-0.25, -0.2) is 0 Å². The second-order valence-electron chi connectivity index (χ2n) is 4.05. The molecule has 0 radical (unpaired) electrons. The highest BCUT2D eigenvalue weighted by Crippen LogP contribution is 2.11. The number of rotatable bonds is 8. The van der Waals surface area contributed by atoms with Crippen molar-refractivity contribution in [1.29, 1.82) is 0 Å². The van der Waals surface area contributed by atoms with Crippen LogP contribution in [0.2, 0.25) is 0 Å². The van der Waals surface area contributed by atoms with E-state index in [0.717, 1.165) is 12.8 Å². The lowest BCUT2D eigenvalue weighted by molar-refractivity contribution is -0.121. The molecule has 0 aliphatic carbocycles. The summed E-state index contributed by atoms with van der Waals surface area (Å²) < 4.78 is 10.5. The maximum atomic E-state index is 11.5. The van der Waals surface area contributed by atoms with Gasteiger partial charge in [0.15, 0.2) is 6.29 Å². The highest BCUT2D eigenvalue weighted by molar-refractivity contribution is 5.78. The third-order valence-electron chi connectivity index (χ3n) is 2.56. The second-order valence-corrected chi connectivity index (χ2v) is 4.05. The van der Waals surface area contributed by atoms with Gasteiger partial charge in [0, 0.05) is 19.3 Å². The topological polar surface area (TPSA) is 35.5 Å². The molecule has 0 amide bonds. The van der Waals surface area contributed by atoms with Gasteiger partial charge in [-0.2, -0.15) is 0 Å². The number of ketones is 1. The van der Waals surface area contributed by atoms with E-state index in [1.54, 1.807) is 0 Å². The Bertz CT molecular complexity index is 217. The molecule has 1 rings (SSSR count). The summed E-state index contributed by atoms with van der Waals surface area (Å²) in [6.07, 6.45) is 9.18. The number of Topliss-reactive ketones (excluding diaryl/α,β-unsaturated/α-hetero) is 1. The van der Waals surface area contributed by atoms with E-state index in [0.29, 0.717) is 38.3 Å². The molecule has 0 saturated carbocycles. The van der Waals surface area contributed by atoms with Crippen LogP contribution < -0.4 is 0 Å². The lowest BCUT2D eigenvalue weighted by Crippen LogP contribution is -2.10. The van der Waals surface area contributed by atoms with Gasteiger partial charge in [0.2, 0.25) is 0 Å². The molecular weight excluding hydrogens is 204 g/mol. The Labute approximate surface area is 97.8 Å². The molecule has 16 heavy (non-hydrogen) atoms. The minimum absolute atomic E-state index is 0.139. The van der Waals surface area contributed by atoms with Crippen LogP contribution in [0, 0.1) is 0 Å². The summed E-state index contributed by atoms with van der Waals surface area (Å²) in [6.45, 7) is 3.48. The predicted molar refractivity (Wildman–Crippen MR) is 63.2 cm³/mol. The molecule has 1 aliphatic heterocycles. The van der Waals surface area contributed by atoms with Gasteiger partial charge in [0.25, 0.3) is 0 Å². The van der Waals surface area contributed by atoms with Crippen molar-refractivity contribution in [3.8, 4) is 0 Å². The summed E-state index contributed by atoms with van der Waals surface area (Å²) in [5.41, 5.74) is 0. The van der Waals surface area contributed by atoms with Gasteiger partial charge in [0.1, 0.15) is 5.78 Å². The number of allylic oxidation sites excluding steroid dienone is 2. The van der Waals surface area contributed by atoms with E-state index in [4.69, 9.17) is 9.47 Å². The molecule has 0 aromatic heterocycles. The van der Waals surface area contributed by atoms with Gasteiger partial charge >= 0.3 is 0 Å². The summed E-state index contributed by atoms with van der Waals surface area (Å²) in [4.78, 5) is 11.5. The van der Waals surface area contributed by atoms with Crippen LogP contribution in [0.3, 0.4) is 0 Å². The van der Waals surface area contributed by atoms with Gasteiger partial charge in [-0.3, -0.25) is 4.79 Å². The first-order valence-electron chi connectivity index (χ1n) is 6.23. The molecule has 1 fully saturated rings. The zero-order valence-electron chi connectivity index (χ0n) is 10.1. The SMILES string of the molecule is CCC/C=C\CCC(=O)CCC1OCCO1. The standard InChI is InChI=1S/C13H22O3/c1-2-3-4-5-6-7-12(14)8-9-13-15-10-11-16-13/h4-5,13H,2-3,6-11H2,1H3/b5-4-. The van der Waals surface area contributed by atoms with E-state index >= 15 is 0 Å². The lowest BCUT2D eigenvalue weighted by atomic mass is 10.1. The van der Waals surface area contributed by atoms with Gasteiger partial charge < -0.3 is 9.47 Å². The lowest BCUT2D eigenvalue weighted by Gasteiger charge is -2.07. The Morgan fingerprint density at radius 1 is 1.19 bits per heavy atom. The molecule has 1 saturated heterocycles. The van der Waals surface area contributed by atoms with Gasteiger partial charge in [-0.05, 0) is 12.8 Å². The average Bonchev–Trinajstić information content (AvgIpc) is 2.79. The van der Waals surface area contributed by atoms with Crippen molar-refractivity contribution in [2.75, 3.05) is 13.2 Å². The van der Waals surface area contributed by atoms with E-state index in [1.807, 2.05) is 0 Å². The summed E-state index contributed by atoms with van der Waals surface area (Å²) >= 11 is 0. The third kappa shape index (κ3) is 6.03. The fraction of sp³-hybridized carbons (Fsp3) is 0.769. The Morgan fingerprint density at radius 2 is 1.88 bits per heavy atom. The number of unbranched alkanes of at least 4 members (excludes halogenated alkanes) is 1. The van der Waals surface area contributed by atoms with Gasteiger partial charge in [0.05, 0.1) is 13.2 Å². The summed E-state index contributed by atoms with van der Waals surface area (Å²) in [5, 5.41) is 0. The molecule has 0 aromatic rings. The van der Waals surface area contributed by atoms with Crippen molar-refractivity contribution in [3.05, 3.63) is 12.2 Å². The molecule has 3 heteroatoms. The molecule has 0 atom stereocenters. The Hall–Kier alpha value is -0.670. The molecule has 92 valence electrons.